The smallest absolute Gasteiger partial charge is 0.339 e. The van der Waals surface area contributed by atoms with E-state index in [2.05, 4.69) is 0 Å². The van der Waals surface area contributed by atoms with Crippen molar-refractivity contribution >= 4 is 34.9 Å². The third-order valence-electron chi connectivity index (χ3n) is 8.27. The Balaban J connectivity index is 1.13. The lowest BCUT2D eigenvalue weighted by Crippen LogP contribution is -2.20. The zero-order valence-corrected chi connectivity index (χ0v) is 28.6. The molecule has 0 heterocycles. The first-order chi connectivity index (χ1) is 26.6. The van der Waals surface area contributed by atoms with Crippen LogP contribution in [0.1, 0.15) is 64.8 Å². The number of ketones is 2. The second-order valence-corrected chi connectivity index (χ2v) is 11.9. The highest BCUT2D eigenvalue weighted by atomic mass is 16.6. The largest absolute Gasteiger partial charge is 0.457 e. The number of ether oxygens (including phenoxy) is 3. The molecule has 2 atom stereocenters. The lowest BCUT2D eigenvalue weighted by Gasteiger charge is -2.18. The highest BCUT2D eigenvalue weighted by Gasteiger charge is 2.29. The highest BCUT2D eigenvalue weighted by molar-refractivity contribution is 6.03. The van der Waals surface area contributed by atoms with Crippen LogP contribution in [0.3, 0.4) is 0 Å². The molecule has 0 radical (unpaired) electrons. The van der Waals surface area contributed by atoms with E-state index in [0.717, 1.165) is 0 Å². The zero-order valence-electron chi connectivity index (χ0n) is 28.6. The van der Waals surface area contributed by atoms with Crippen LogP contribution >= 0.6 is 0 Å². The molecule has 0 N–H and O–H groups in total. The van der Waals surface area contributed by atoms with Gasteiger partial charge >= 0.3 is 11.9 Å². The summed E-state index contributed by atoms with van der Waals surface area (Å²) in [5, 5.41) is 22.3. The maximum Gasteiger partial charge on any atom is 0.339 e. The molecule has 0 spiro atoms. The van der Waals surface area contributed by atoms with E-state index in [-0.39, 0.29) is 44.8 Å². The van der Waals surface area contributed by atoms with Crippen molar-refractivity contribution in [2.45, 2.75) is 12.2 Å². The van der Waals surface area contributed by atoms with Crippen LogP contribution in [0, 0.1) is 20.2 Å². The van der Waals surface area contributed by atoms with E-state index in [9.17, 15) is 39.4 Å². The molecule has 13 nitrogen and oxygen atoms in total. The minimum atomic E-state index is -1.38. The number of nitro benzene ring substituents is 2. The van der Waals surface area contributed by atoms with Crippen LogP contribution in [0.4, 0.5) is 11.4 Å². The molecule has 0 saturated carbocycles. The predicted molar refractivity (Wildman–Crippen MR) is 197 cm³/mol. The van der Waals surface area contributed by atoms with Crippen molar-refractivity contribution in [1.29, 1.82) is 0 Å². The third-order valence-corrected chi connectivity index (χ3v) is 8.27. The summed E-state index contributed by atoms with van der Waals surface area (Å²) in [6, 6.07) is 38.5. The van der Waals surface area contributed by atoms with Gasteiger partial charge in [-0.1, -0.05) is 60.7 Å². The van der Waals surface area contributed by atoms with Crippen LogP contribution < -0.4 is 4.74 Å². The fraction of sp³-hybridized carbons (Fsp3) is 0.0476. The van der Waals surface area contributed by atoms with E-state index >= 15 is 0 Å². The van der Waals surface area contributed by atoms with Gasteiger partial charge in [0.05, 0.1) is 21.0 Å². The van der Waals surface area contributed by atoms with E-state index < -0.39 is 45.6 Å². The summed E-state index contributed by atoms with van der Waals surface area (Å²) in [5.41, 5.74) is 0.911. The van der Waals surface area contributed by atoms with Gasteiger partial charge in [0.25, 0.3) is 11.4 Å². The molecular weight excluding hydrogens is 708 g/mol. The van der Waals surface area contributed by atoms with Crippen LogP contribution in [0.15, 0.2) is 158 Å². The van der Waals surface area contributed by atoms with E-state index in [0.29, 0.717) is 11.5 Å². The monoisotopic (exact) mass is 736 g/mol. The minimum Gasteiger partial charge on any atom is -0.457 e. The van der Waals surface area contributed by atoms with Crippen molar-refractivity contribution in [2.75, 3.05) is 0 Å². The van der Waals surface area contributed by atoms with Crippen molar-refractivity contribution in [3.8, 4) is 11.5 Å². The van der Waals surface area contributed by atoms with Crippen LogP contribution in [0.25, 0.3) is 0 Å². The summed E-state index contributed by atoms with van der Waals surface area (Å²) in [4.78, 5) is 74.4. The summed E-state index contributed by atoms with van der Waals surface area (Å²) in [7, 11) is 0. The molecule has 0 aromatic heterocycles. The molecule has 0 aliphatic rings. The topological polar surface area (TPSA) is 182 Å². The minimum absolute atomic E-state index is 0.103. The first-order valence-electron chi connectivity index (χ1n) is 16.5. The van der Waals surface area contributed by atoms with Crippen LogP contribution in [-0.2, 0) is 9.47 Å². The van der Waals surface area contributed by atoms with Gasteiger partial charge in [0, 0.05) is 46.5 Å². The number of carbonyl (C=O) groups excluding carboxylic acids is 4. The molecule has 55 heavy (non-hydrogen) atoms. The fourth-order valence-corrected chi connectivity index (χ4v) is 5.40. The number of non-ortho nitro benzene ring substituents is 2. The van der Waals surface area contributed by atoms with E-state index in [1.807, 2.05) is 0 Å². The SMILES string of the molecule is O=C(O[C@H](C(=O)c1ccccc1)c1ccc([N+](=O)[O-])cc1)c1ccc(Oc2ccc(C(=O)O[C@H](C(=O)c3ccccc3)c3ccc([N+](=O)[O-])cc3)cc2)cc1. The molecule has 272 valence electrons. The maximum atomic E-state index is 13.4. The van der Waals surface area contributed by atoms with Crippen molar-refractivity contribution in [3.05, 3.63) is 211 Å². The Morgan fingerprint density at radius 1 is 0.418 bits per heavy atom. The Hall–Kier alpha value is -7.80. The average Bonchev–Trinajstić information content (AvgIpc) is 3.22. The second-order valence-electron chi connectivity index (χ2n) is 11.9. The van der Waals surface area contributed by atoms with Gasteiger partial charge < -0.3 is 14.2 Å². The van der Waals surface area contributed by atoms with Gasteiger partial charge in [0.2, 0.25) is 11.6 Å². The van der Waals surface area contributed by atoms with Gasteiger partial charge in [-0.25, -0.2) is 9.59 Å². The molecule has 0 fully saturated rings. The molecule has 0 aliphatic heterocycles. The first-order valence-corrected chi connectivity index (χ1v) is 16.5. The number of carbonyl (C=O) groups is 4. The fourth-order valence-electron chi connectivity index (χ4n) is 5.40. The van der Waals surface area contributed by atoms with Crippen molar-refractivity contribution in [3.63, 3.8) is 0 Å². The molecule has 0 unspecified atom stereocenters. The normalized spacial score (nSPS) is 11.7. The number of hydrogen-bond donors (Lipinski definition) is 0. The van der Waals surface area contributed by atoms with Gasteiger partial charge in [-0.3, -0.25) is 29.8 Å². The Morgan fingerprint density at radius 2 is 0.745 bits per heavy atom. The molecule has 0 aliphatic carbocycles. The second kappa shape index (κ2) is 16.7. The molecule has 0 amide bonds. The Bertz CT molecular complexity index is 2180. The maximum absolute atomic E-state index is 13.4. The molecule has 0 bridgehead atoms. The summed E-state index contributed by atoms with van der Waals surface area (Å²) in [5.74, 6) is -2.02. The van der Waals surface area contributed by atoms with Crippen LogP contribution in [0.2, 0.25) is 0 Å². The zero-order chi connectivity index (χ0) is 38.9. The highest BCUT2D eigenvalue weighted by Crippen LogP contribution is 2.29. The van der Waals surface area contributed by atoms with Crippen molar-refractivity contribution in [2.24, 2.45) is 0 Å². The van der Waals surface area contributed by atoms with E-state index in [4.69, 9.17) is 14.2 Å². The number of esters is 2. The molecular formula is C42H28N2O11. The molecule has 6 aromatic rings. The van der Waals surface area contributed by atoms with Crippen LogP contribution in [-0.4, -0.2) is 33.4 Å². The predicted octanol–water partition coefficient (Wildman–Crippen LogP) is 8.86. The summed E-state index contributed by atoms with van der Waals surface area (Å²) < 4.78 is 17.2. The van der Waals surface area contributed by atoms with Gasteiger partial charge in [0.1, 0.15) is 11.5 Å². The lowest BCUT2D eigenvalue weighted by molar-refractivity contribution is -0.385. The number of rotatable bonds is 14. The quantitative estimate of drug-likeness (QED) is 0.0451. The van der Waals surface area contributed by atoms with Gasteiger partial charge in [-0.2, -0.15) is 0 Å². The van der Waals surface area contributed by atoms with Crippen LogP contribution in [0.5, 0.6) is 11.5 Å². The van der Waals surface area contributed by atoms with Crippen molar-refractivity contribution in [1.82, 2.24) is 0 Å². The van der Waals surface area contributed by atoms with Gasteiger partial charge in [-0.15, -0.1) is 0 Å². The molecule has 6 rings (SSSR count). The molecule has 0 saturated heterocycles. The third kappa shape index (κ3) is 8.99. The molecule has 6 aromatic carbocycles. The Labute approximate surface area is 312 Å². The lowest BCUT2D eigenvalue weighted by atomic mass is 9.99. The number of Topliss-reactive ketones (excluding diaryl/α,β-unsaturated/α-hetero) is 2. The summed E-state index contributed by atoms with van der Waals surface area (Å²) in [6.45, 7) is 0. The average molecular weight is 737 g/mol. The number of hydrogen-bond acceptors (Lipinski definition) is 11. The van der Waals surface area contributed by atoms with E-state index in [1.165, 1.54) is 97.1 Å². The van der Waals surface area contributed by atoms with Gasteiger partial charge in [0.15, 0.2) is 12.2 Å². The summed E-state index contributed by atoms with van der Waals surface area (Å²) >= 11 is 0. The van der Waals surface area contributed by atoms with E-state index in [1.54, 1.807) is 60.7 Å². The van der Waals surface area contributed by atoms with Crippen molar-refractivity contribution < 1.29 is 43.2 Å². The first kappa shape index (κ1) is 37.0. The number of nitrogens with zero attached hydrogens (tertiary/aromatic N) is 2. The number of benzene rings is 6. The van der Waals surface area contributed by atoms with Gasteiger partial charge in [-0.05, 0) is 72.8 Å². The Morgan fingerprint density at radius 3 is 1.05 bits per heavy atom. The Kier molecular flexibility index (Phi) is 11.2. The number of nitro groups is 2. The summed E-state index contributed by atoms with van der Waals surface area (Å²) in [6.07, 6.45) is -2.75. The molecule has 13 heteroatoms. The standard InChI is InChI=1S/C42H28N2O11/c45-37(27-7-3-1-4-8-27)39(29-11-19-33(20-12-29)43(49)50)54-41(47)31-15-23-35(24-16-31)53-36-25-17-32(18-26-36)42(48)55-40(38(46)28-9-5-2-6-10-28)30-13-21-34(22-14-30)44(51)52/h1-26,39-40H/t39-,40-/m0/s1.